The van der Waals surface area contributed by atoms with Crippen LogP contribution in [0.15, 0.2) is 54.6 Å². The monoisotopic (exact) mass is 416 g/mol. The van der Waals surface area contributed by atoms with E-state index >= 15 is 0 Å². The topological polar surface area (TPSA) is 48.4 Å². The van der Waals surface area contributed by atoms with Crippen molar-refractivity contribution in [2.75, 3.05) is 35.8 Å². The molecule has 1 aliphatic rings. The van der Waals surface area contributed by atoms with Gasteiger partial charge < -0.3 is 14.7 Å². The summed E-state index contributed by atoms with van der Waals surface area (Å²) in [5, 5.41) is 0. The van der Waals surface area contributed by atoms with Gasteiger partial charge in [-0.3, -0.25) is 0 Å². The van der Waals surface area contributed by atoms with Crippen LogP contribution >= 0.6 is 10.1 Å². The summed E-state index contributed by atoms with van der Waals surface area (Å²) in [6, 6.07) is 17.9. The van der Waals surface area contributed by atoms with Crippen molar-refractivity contribution in [2.24, 2.45) is 0 Å². The standard InChI is InChI=1S/C18H18N6.ClH.Cu/c1-22-13-7-4-9-15(19-13)23(2)17-11-6-12-18(21-17)24(3)16-10-5-8-14(22)20-16;;/h4-12H,1-3H3;1H;/q;;+1/p-1. The van der Waals surface area contributed by atoms with E-state index in [4.69, 9.17) is 15.0 Å². The Bertz CT molecular complexity index is 731. The number of anilines is 6. The molecule has 4 heterocycles. The van der Waals surface area contributed by atoms with Crippen LogP contribution in [0.5, 0.6) is 0 Å². The fraction of sp³-hybridized carbons (Fsp3) is 0.167. The van der Waals surface area contributed by atoms with Crippen molar-refractivity contribution in [1.29, 1.82) is 0 Å². The van der Waals surface area contributed by atoms with Gasteiger partial charge in [-0.05, 0) is 36.4 Å². The molecule has 6 nitrogen and oxygen atoms in total. The first-order chi connectivity index (χ1) is 12.6. The first kappa shape index (κ1) is 18.5. The molecule has 138 valence electrons. The van der Waals surface area contributed by atoms with Crippen LogP contribution in [0.25, 0.3) is 0 Å². The predicted octanol–water partition coefficient (Wildman–Crippen LogP) is 4.18. The predicted molar refractivity (Wildman–Crippen MR) is 103 cm³/mol. The summed E-state index contributed by atoms with van der Waals surface area (Å²) in [6.45, 7) is 0. The number of fused-ring (bicyclic) bond motifs is 6. The summed E-state index contributed by atoms with van der Waals surface area (Å²) in [7, 11) is 10.1. The first-order valence-electron chi connectivity index (χ1n) is 7.87. The van der Waals surface area contributed by atoms with Crippen molar-refractivity contribution in [1.82, 2.24) is 15.0 Å². The van der Waals surface area contributed by atoms with Crippen LogP contribution in [-0.4, -0.2) is 36.1 Å². The van der Waals surface area contributed by atoms with Crippen LogP contribution in [0.2, 0.25) is 0 Å². The number of pyridine rings is 3. The molecule has 0 saturated heterocycles. The molecule has 0 atom stereocenters. The number of hydrogen-bond donors (Lipinski definition) is 0. The van der Waals surface area contributed by atoms with Gasteiger partial charge in [-0.2, -0.15) is 0 Å². The molecule has 6 bridgehead atoms. The minimum absolute atomic E-state index is 0.836. The molecule has 1 aliphatic heterocycles. The van der Waals surface area contributed by atoms with Gasteiger partial charge in [0, 0.05) is 21.1 Å². The normalized spacial score (nSPS) is 12.6. The second kappa shape index (κ2) is 7.91. The Morgan fingerprint density at radius 2 is 0.731 bits per heavy atom. The first-order valence-corrected chi connectivity index (χ1v) is 9.17. The van der Waals surface area contributed by atoms with E-state index in [2.05, 4.69) is 25.2 Å². The SMILES string of the molecule is CN1c2cccc(n2)N(C)c2cccc(n2)N(C)c2cccc1n2.[Cl][Cu]. The maximum absolute atomic E-state index is 4.75. The third-order valence-electron chi connectivity index (χ3n) is 4.22. The molecule has 0 N–H and O–H groups in total. The zero-order valence-corrected chi connectivity index (χ0v) is 16.3. The summed E-state index contributed by atoms with van der Waals surface area (Å²) < 4.78 is 0. The fourth-order valence-electron chi connectivity index (χ4n) is 2.71. The maximum atomic E-state index is 4.75. The van der Waals surface area contributed by atoms with Crippen LogP contribution in [0.3, 0.4) is 0 Å². The van der Waals surface area contributed by atoms with E-state index in [9.17, 15) is 0 Å². The summed E-state index contributed by atoms with van der Waals surface area (Å²) >= 11 is 3.66. The summed E-state index contributed by atoms with van der Waals surface area (Å²) in [5.74, 6) is 5.02. The van der Waals surface area contributed by atoms with E-state index < -0.39 is 0 Å². The molecule has 0 saturated carbocycles. The van der Waals surface area contributed by atoms with E-state index in [1.54, 1.807) is 0 Å². The Kier molecular flexibility index (Phi) is 5.61. The van der Waals surface area contributed by atoms with Crippen LogP contribution in [0, 0.1) is 0 Å². The number of nitrogens with zero attached hydrogens (tertiary/aromatic N) is 6. The number of aromatic nitrogens is 3. The fourth-order valence-corrected chi connectivity index (χ4v) is 2.71. The second-order valence-corrected chi connectivity index (χ2v) is 5.74. The van der Waals surface area contributed by atoms with Crippen molar-refractivity contribution >= 4 is 45.0 Å². The zero-order chi connectivity index (χ0) is 18.7. The summed E-state index contributed by atoms with van der Waals surface area (Å²) in [5.41, 5.74) is 0. The Morgan fingerprint density at radius 1 is 0.538 bits per heavy atom. The van der Waals surface area contributed by atoms with E-state index in [0.717, 1.165) is 34.9 Å². The minimum atomic E-state index is 0.836. The molecule has 0 unspecified atom stereocenters. The molecule has 4 rings (SSSR count). The molecule has 3 aromatic rings. The average molecular weight is 417 g/mol. The third-order valence-corrected chi connectivity index (χ3v) is 4.22. The Morgan fingerprint density at radius 3 is 0.923 bits per heavy atom. The number of rotatable bonds is 0. The molecule has 0 aliphatic carbocycles. The molecule has 0 radical (unpaired) electrons. The summed E-state index contributed by atoms with van der Waals surface area (Å²) in [4.78, 5) is 20.2. The van der Waals surface area contributed by atoms with E-state index in [1.807, 2.05) is 90.4 Å². The van der Waals surface area contributed by atoms with E-state index in [0.29, 0.717) is 0 Å². The molecule has 3 aromatic heterocycles. The quantitative estimate of drug-likeness (QED) is 0.512. The van der Waals surface area contributed by atoms with E-state index in [-0.39, 0.29) is 0 Å². The Balaban J connectivity index is 0.000000948. The van der Waals surface area contributed by atoms with Gasteiger partial charge in [-0.1, -0.05) is 18.2 Å². The van der Waals surface area contributed by atoms with Gasteiger partial charge in [0.1, 0.15) is 34.9 Å². The van der Waals surface area contributed by atoms with E-state index in [1.165, 1.54) is 0 Å². The second-order valence-electron chi connectivity index (χ2n) is 5.74. The van der Waals surface area contributed by atoms with Gasteiger partial charge in [-0.15, -0.1) is 0 Å². The molecule has 0 spiro atoms. The summed E-state index contributed by atoms with van der Waals surface area (Å²) in [6.07, 6.45) is 0. The third kappa shape index (κ3) is 3.46. The van der Waals surface area contributed by atoms with Crippen LogP contribution in [-0.2, 0) is 15.1 Å². The zero-order valence-electron chi connectivity index (χ0n) is 14.6. The number of halogens is 1. The Labute approximate surface area is 165 Å². The van der Waals surface area contributed by atoms with Crippen molar-refractivity contribution in [3.05, 3.63) is 54.6 Å². The van der Waals surface area contributed by atoms with Crippen LogP contribution in [0.4, 0.5) is 34.9 Å². The number of hydrogen-bond acceptors (Lipinski definition) is 6. The van der Waals surface area contributed by atoms with Gasteiger partial charge in [0.15, 0.2) is 0 Å². The van der Waals surface area contributed by atoms with Gasteiger partial charge in [0.2, 0.25) is 0 Å². The molecule has 0 fully saturated rings. The molecule has 0 aromatic carbocycles. The van der Waals surface area contributed by atoms with Gasteiger partial charge in [-0.25, -0.2) is 15.0 Å². The van der Waals surface area contributed by atoms with Gasteiger partial charge in [0.05, 0.1) is 0 Å². The van der Waals surface area contributed by atoms with Crippen molar-refractivity contribution in [2.45, 2.75) is 0 Å². The molecule has 8 heteroatoms. The van der Waals surface area contributed by atoms with Gasteiger partial charge in [0.25, 0.3) is 0 Å². The van der Waals surface area contributed by atoms with Crippen molar-refractivity contribution in [3.63, 3.8) is 0 Å². The van der Waals surface area contributed by atoms with Crippen molar-refractivity contribution < 1.29 is 15.1 Å². The van der Waals surface area contributed by atoms with Gasteiger partial charge >= 0.3 is 25.2 Å². The van der Waals surface area contributed by atoms with Crippen molar-refractivity contribution in [3.8, 4) is 0 Å². The van der Waals surface area contributed by atoms with Crippen LogP contribution < -0.4 is 14.7 Å². The average Bonchev–Trinajstić information content (AvgIpc) is 2.73. The Hall–Kier alpha value is -2.34. The molecular weight excluding hydrogens is 399 g/mol. The molecular formula is C18H18ClCuN6. The molecule has 26 heavy (non-hydrogen) atoms. The van der Waals surface area contributed by atoms with Crippen LogP contribution in [0.1, 0.15) is 0 Å². The molecule has 0 amide bonds.